The maximum absolute atomic E-state index is 13.0. The van der Waals surface area contributed by atoms with Gasteiger partial charge in [-0.05, 0) is 43.4 Å². The fraction of sp³-hybridized carbons (Fsp3) is 0.935. The van der Waals surface area contributed by atoms with Crippen molar-refractivity contribution in [2.24, 2.45) is 17.8 Å². The number of aliphatic hydroxyl groups is 1. The molecule has 5 atom stereocenters. The Hall–Kier alpha value is -1.94. The highest BCUT2D eigenvalue weighted by molar-refractivity contribution is 7.47. The van der Waals surface area contributed by atoms with E-state index in [1.807, 2.05) is 0 Å². The number of carbonyl (C=O) groups is 4. The Morgan fingerprint density at radius 1 is 0.333 bits per heavy atom. The van der Waals surface area contributed by atoms with E-state index < -0.39 is 97.5 Å². The maximum atomic E-state index is 13.0. The molecule has 0 aliphatic carbocycles. The lowest BCUT2D eigenvalue weighted by atomic mass is 10.0. The van der Waals surface area contributed by atoms with Gasteiger partial charge in [-0.25, -0.2) is 9.13 Å². The predicted molar refractivity (Wildman–Crippen MR) is 321 cm³/mol. The van der Waals surface area contributed by atoms with Gasteiger partial charge in [0.25, 0.3) is 0 Å². The van der Waals surface area contributed by atoms with Crippen LogP contribution in [0.1, 0.15) is 299 Å². The number of phosphoric acid groups is 2. The normalized spacial score (nSPS) is 14.4. The van der Waals surface area contributed by atoms with Gasteiger partial charge in [-0.1, -0.05) is 248 Å². The summed E-state index contributed by atoms with van der Waals surface area (Å²) in [5.41, 5.74) is 0. The zero-order chi connectivity index (χ0) is 60.3. The lowest BCUT2D eigenvalue weighted by Crippen LogP contribution is -2.30. The number of rotatable bonds is 60. The van der Waals surface area contributed by atoms with Crippen molar-refractivity contribution in [1.82, 2.24) is 0 Å². The summed E-state index contributed by atoms with van der Waals surface area (Å²) in [6.45, 7) is 11.6. The molecule has 0 amide bonds. The predicted octanol–water partition coefficient (Wildman–Crippen LogP) is 16.7. The van der Waals surface area contributed by atoms with E-state index in [1.165, 1.54) is 103 Å². The van der Waals surface area contributed by atoms with Crippen LogP contribution in [-0.4, -0.2) is 96.7 Å². The summed E-state index contributed by atoms with van der Waals surface area (Å²) in [6, 6.07) is 0. The molecule has 0 aromatic rings. The molecule has 0 bridgehead atoms. The first-order valence-electron chi connectivity index (χ1n) is 32.3. The average molecular weight is 1200 g/mol. The van der Waals surface area contributed by atoms with E-state index in [9.17, 15) is 43.2 Å². The third kappa shape index (κ3) is 56.9. The Morgan fingerprint density at radius 2 is 0.568 bits per heavy atom. The zero-order valence-electron chi connectivity index (χ0n) is 52.2. The van der Waals surface area contributed by atoms with Crippen LogP contribution in [0.15, 0.2) is 0 Å². The minimum Gasteiger partial charge on any atom is -0.462 e. The molecular formula is C62H120O17P2. The van der Waals surface area contributed by atoms with Gasteiger partial charge in [0.05, 0.1) is 26.4 Å². The Kier molecular flexibility index (Phi) is 52.2. The van der Waals surface area contributed by atoms with Crippen molar-refractivity contribution in [2.45, 2.75) is 317 Å². The van der Waals surface area contributed by atoms with E-state index in [2.05, 4.69) is 48.5 Å². The van der Waals surface area contributed by atoms with Crippen LogP contribution in [0.5, 0.6) is 0 Å². The van der Waals surface area contributed by atoms with Gasteiger partial charge >= 0.3 is 39.5 Å². The number of esters is 4. The summed E-state index contributed by atoms with van der Waals surface area (Å²) in [5, 5.41) is 10.5. The van der Waals surface area contributed by atoms with Crippen molar-refractivity contribution in [3.05, 3.63) is 0 Å². The summed E-state index contributed by atoms with van der Waals surface area (Å²) in [4.78, 5) is 71.9. The fourth-order valence-corrected chi connectivity index (χ4v) is 10.7. The van der Waals surface area contributed by atoms with E-state index in [0.717, 1.165) is 108 Å². The van der Waals surface area contributed by atoms with Gasteiger partial charge in [0.15, 0.2) is 12.2 Å². The summed E-state index contributed by atoms with van der Waals surface area (Å²) in [7, 11) is -9.88. The van der Waals surface area contributed by atoms with Crippen LogP contribution in [0.3, 0.4) is 0 Å². The molecule has 0 heterocycles. The molecule has 0 aromatic carbocycles. The number of hydrogen-bond donors (Lipinski definition) is 3. The molecule has 0 radical (unpaired) electrons. The highest BCUT2D eigenvalue weighted by Gasteiger charge is 2.30. The lowest BCUT2D eigenvalue weighted by molar-refractivity contribution is -0.161. The zero-order valence-corrected chi connectivity index (χ0v) is 54.0. The van der Waals surface area contributed by atoms with Gasteiger partial charge in [-0.2, -0.15) is 0 Å². The van der Waals surface area contributed by atoms with Crippen LogP contribution in [0, 0.1) is 17.8 Å². The van der Waals surface area contributed by atoms with Crippen molar-refractivity contribution in [1.29, 1.82) is 0 Å². The van der Waals surface area contributed by atoms with Gasteiger partial charge < -0.3 is 33.8 Å². The van der Waals surface area contributed by atoms with Crippen LogP contribution in [-0.2, 0) is 65.4 Å². The van der Waals surface area contributed by atoms with Gasteiger partial charge in [-0.3, -0.25) is 37.3 Å². The van der Waals surface area contributed by atoms with Crippen molar-refractivity contribution < 1.29 is 80.2 Å². The van der Waals surface area contributed by atoms with E-state index in [0.29, 0.717) is 31.6 Å². The largest absolute Gasteiger partial charge is 0.472 e. The van der Waals surface area contributed by atoms with Crippen LogP contribution in [0.4, 0.5) is 0 Å². The summed E-state index contributed by atoms with van der Waals surface area (Å²) < 4.78 is 67.7. The standard InChI is InChI=1S/C62H120O17P2/c1-8-9-10-26-36-43-59(64)72-49-57(79-62(67)46-39-32-25-24-29-35-42-55(6)7)51-76-80(68,69)74-47-56(63)48-75-81(70,71)77-52-58(50-73-60(65)44-37-30-22-18-15-14-17-21-28-34-41-54(4)5)78-61(66)45-38-31-23-19-13-11-12-16-20-27-33-40-53(2)3/h53-58,63H,8-52H2,1-7H3,(H,68,69)(H,70,71)/t56-,57+,58+/m0/s1. The molecular weight excluding hydrogens is 1080 g/mol. The average Bonchev–Trinajstić information content (AvgIpc) is 3.41. The number of ether oxygens (including phenoxy) is 4. The third-order valence-corrected chi connectivity index (χ3v) is 16.0. The van der Waals surface area contributed by atoms with Crippen molar-refractivity contribution in [3.8, 4) is 0 Å². The van der Waals surface area contributed by atoms with Crippen molar-refractivity contribution >= 4 is 39.5 Å². The Morgan fingerprint density at radius 3 is 0.840 bits per heavy atom. The van der Waals surface area contributed by atoms with Crippen molar-refractivity contribution in [2.75, 3.05) is 39.6 Å². The highest BCUT2D eigenvalue weighted by Crippen LogP contribution is 2.45. The molecule has 0 fully saturated rings. The van der Waals surface area contributed by atoms with Gasteiger partial charge in [0.2, 0.25) is 0 Å². The van der Waals surface area contributed by atoms with E-state index in [1.54, 1.807) is 0 Å². The molecule has 0 aliphatic rings. The maximum Gasteiger partial charge on any atom is 0.472 e. The number of carbonyl (C=O) groups excluding carboxylic acids is 4. The Balaban J connectivity index is 5.19. The summed E-state index contributed by atoms with van der Waals surface area (Å²) in [6.07, 6.45) is 34.0. The molecule has 81 heavy (non-hydrogen) atoms. The molecule has 0 spiro atoms. The topological polar surface area (TPSA) is 237 Å². The van der Waals surface area contributed by atoms with Crippen molar-refractivity contribution in [3.63, 3.8) is 0 Å². The summed E-state index contributed by atoms with van der Waals surface area (Å²) >= 11 is 0. The number of aliphatic hydroxyl groups excluding tert-OH is 1. The molecule has 0 saturated heterocycles. The van der Waals surface area contributed by atoms with Gasteiger partial charge in [-0.15, -0.1) is 0 Å². The Labute approximate surface area is 492 Å². The molecule has 0 aliphatic heterocycles. The van der Waals surface area contributed by atoms with E-state index in [4.69, 9.17) is 37.0 Å². The SMILES string of the molecule is CCCCCCCC(=O)OC[C@H](COP(=O)(O)OC[C@H](O)COP(=O)(O)OC[C@@H](COC(=O)CCCCCCCCCCCCC(C)C)OC(=O)CCCCCCCCCCCCCC(C)C)OC(=O)CCCCCCCCC(C)C. The summed E-state index contributed by atoms with van der Waals surface area (Å²) in [5.74, 6) is 0.0411. The molecule has 480 valence electrons. The first-order valence-corrected chi connectivity index (χ1v) is 35.3. The quantitative estimate of drug-likeness (QED) is 0.0222. The minimum atomic E-state index is -4.94. The monoisotopic (exact) mass is 1200 g/mol. The first kappa shape index (κ1) is 79.1. The molecule has 19 heteroatoms. The lowest BCUT2D eigenvalue weighted by Gasteiger charge is -2.21. The Bertz CT molecular complexity index is 1610. The molecule has 0 saturated carbocycles. The second kappa shape index (κ2) is 53.5. The first-order chi connectivity index (χ1) is 38.7. The number of unbranched alkanes of at least 4 members (excludes halogenated alkanes) is 28. The molecule has 0 rings (SSSR count). The van der Waals surface area contributed by atoms with Crippen LogP contribution in [0.25, 0.3) is 0 Å². The fourth-order valence-electron chi connectivity index (χ4n) is 9.13. The van der Waals surface area contributed by atoms with Crippen LogP contribution >= 0.6 is 15.6 Å². The molecule has 2 unspecified atom stereocenters. The highest BCUT2D eigenvalue weighted by atomic mass is 31.2. The van der Waals surface area contributed by atoms with Gasteiger partial charge in [0.1, 0.15) is 19.3 Å². The van der Waals surface area contributed by atoms with E-state index in [-0.39, 0.29) is 25.7 Å². The third-order valence-electron chi connectivity index (χ3n) is 14.1. The van der Waals surface area contributed by atoms with Crippen LogP contribution in [0.2, 0.25) is 0 Å². The minimum absolute atomic E-state index is 0.101. The number of hydrogen-bond acceptors (Lipinski definition) is 15. The number of phosphoric ester groups is 2. The van der Waals surface area contributed by atoms with E-state index >= 15 is 0 Å². The second-order valence-corrected chi connectivity index (χ2v) is 26.8. The molecule has 3 N–H and O–H groups in total. The van der Waals surface area contributed by atoms with Gasteiger partial charge in [0, 0.05) is 25.7 Å². The smallest absolute Gasteiger partial charge is 0.462 e. The van der Waals surface area contributed by atoms with Crippen LogP contribution < -0.4 is 0 Å². The molecule has 17 nitrogen and oxygen atoms in total. The second-order valence-electron chi connectivity index (χ2n) is 23.9. The molecule has 0 aromatic heterocycles.